The van der Waals surface area contributed by atoms with Crippen molar-refractivity contribution in [3.63, 3.8) is 0 Å². The molecule has 10 heteroatoms. The highest BCUT2D eigenvalue weighted by molar-refractivity contribution is 5.87. The second kappa shape index (κ2) is 13.3. The van der Waals surface area contributed by atoms with E-state index in [1.165, 1.54) is 6.92 Å². The van der Waals surface area contributed by atoms with E-state index in [0.29, 0.717) is 5.56 Å². The summed E-state index contributed by atoms with van der Waals surface area (Å²) in [6, 6.07) is 3.59. The number of hydrogen-bond donors (Lipinski definition) is 4. The van der Waals surface area contributed by atoms with Crippen molar-refractivity contribution >= 4 is 17.8 Å². The van der Waals surface area contributed by atoms with Gasteiger partial charge in [-0.05, 0) is 30.7 Å². The Morgan fingerprint density at radius 3 is 2.15 bits per heavy atom. The maximum atomic E-state index is 15.0. The third-order valence-electron chi connectivity index (χ3n) is 5.09. The maximum absolute atomic E-state index is 15.0. The molecule has 0 aliphatic rings. The highest BCUT2D eigenvalue weighted by Crippen LogP contribution is 2.28. The van der Waals surface area contributed by atoms with Gasteiger partial charge in [-0.2, -0.15) is 0 Å². The molecule has 4 atom stereocenters. The quantitative estimate of drug-likeness (QED) is 0.317. The largest absolute Gasteiger partial charge is 0.459 e. The van der Waals surface area contributed by atoms with Crippen molar-refractivity contribution in [1.82, 2.24) is 10.6 Å². The van der Waals surface area contributed by atoms with Gasteiger partial charge in [0.25, 0.3) is 0 Å². The summed E-state index contributed by atoms with van der Waals surface area (Å²) in [5.74, 6) is -6.66. The Kier molecular flexibility index (Phi) is 11.5. The van der Waals surface area contributed by atoms with Crippen LogP contribution in [0, 0.1) is 11.8 Å². The Morgan fingerprint density at radius 2 is 1.62 bits per heavy atom. The van der Waals surface area contributed by atoms with Crippen molar-refractivity contribution in [2.75, 3.05) is 0 Å². The number of amides is 2. The molecule has 0 saturated heterocycles. The molecule has 34 heavy (non-hydrogen) atoms. The van der Waals surface area contributed by atoms with Crippen molar-refractivity contribution in [2.24, 2.45) is 17.6 Å². The lowest BCUT2D eigenvalue weighted by molar-refractivity contribution is -0.174. The average Bonchev–Trinajstić information content (AvgIpc) is 2.75. The minimum atomic E-state index is -4.09. The minimum Gasteiger partial charge on any atom is -0.459 e. The summed E-state index contributed by atoms with van der Waals surface area (Å²) < 4.78 is 34.9. The highest BCUT2D eigenvalue weighted by atomic mass is 19.3. The Balaban J connectivity index is 2.86. The van der Waals surface area contributed by atoms with Crippen molar-refractivity contribution in [1.29, 1.82) is 0 Å². The molecule has 0 radical (unpaired) electrons. The molecule has 0 aliphatic carbocycles. The average molecular weight is 486 g/mol. The number of benzene rings is 1. The van der Waals surface area contributed by atoms with Crippen molar-refractivity contribution in [3.05, 3.63) is 35.9 Å². The second-order valence-electron chi connectivity index (χ2n) is 9.32. The number of ether oxygens (including phenoxy) is 1. The summed E-state index contributed by atoms with van der Waals surface area (Å²) in [6.07, 6.45) is -2.27. The van der Waals surface area contributed by atoms with Gasteiger partial charge in [-0.15, -0.1) is 0 Å². The van der Waals surface area contributed by atoms with Crippen LogP contribution in [-0.2, 0) is 25.7 Å². The van der Waals surface area contributed by atoms with E-state index in [1.54, 1.807) is 44.2 Å². The monoisotopic (exact) mass is 485 g/mol. The molecule has 0 spiro atoms. The van der Waals surface area contributed by atoms with E-state index in [1.807, 2.05) is 13.8 Å². The minimum absolute atomic E-state index is 0.0130. The van der Waals surface area contributed by atoms with Crippen LogP contribution in [0.2, 0.25) is 0 Å². The summed E-state index contributed by atoms with van der Waals surface area (Å²) in [6.45, 7) is 8.30. The number of rotatable bonds is 13. The van der Waals surface area contributed by atoms with E-state index in [9.17, 15) is 28.3 Å². The number of aliphatic hydroxyl groups is 1. The predicted molar refractivity (Wildman–Crippen MR) is 124 cm³/mol. The topological polar surface area (TPSA) is 131 Å². The first-order valence-corrected chi connectivity index (χ1v) is 11.4. The van der Waals surface area contributed by atoms with Crippen LogP contribution in [0.3, 0.4) is 0 Å². The summed E-state index contributed by atoms with van der Waals surface area (Å²) in [5.41, 5.74) is 6.07. The zero-order valence-electron chi connectivity index (χ0n) is 20.4. The number of nitrogens with two attached hydrogens (primary N) is 1. The lowest BCUT2D eigenvalue weighted by Crippen LogP contribution is -2.62. The lowest BCUT2D eigenvalue weighted by Gasteiger charge is -2.34. The zero-order chi connectivity index (χ0) is 26.1. The van der Waals surface area contributed by atoms with E-state index in [2.05, 4.69) is 10.6 Å². The fourth-order valence-electron chi connectivity index (χ4n) is 3.25. The Labute approximate surface area is 199 Å². The molecule has 192 valence electrons. The number of hydrogen-bond acceptors (Lipinski definition) is 6. The number of esters is 1. The van der Waals surface area contributed by atoms with Crippen LogP contribution in [0.1, 0.15) is 53.0 Å². The molecule has 0 heterocycles. The molecule has 1 aromatic rings. The second-order valence-corrected chi connectivity index (χ2v) is 9.32. The molecule has 0 bridgehead atoms. The van der Waals surface area contributed by atoms with Crippen LogP contribution < -0.4 is 16.4 Å². The van der Waals surface area contributed by atoms with E-state index in [4.69, 9.17) is 10.5 Å². The zero-order valence-corrected chi connectivity index (χ0v) is 20.4. The number of halogens is 2. The smallest absolute Gasteiger partial charge is 0.329 e. The third-order valence-corrected chi connectivity index (χ3v) is 5.09. The van der Waals surface area contributed by atoms with Crippen LogP contribution >= 0.6 is 0 Å². The van der Waals surface area contributed by atoms with Crippen molar-refractivity contribution in [2.45, 2.75) is 84.2 Å². The number of carbonyl (C=O) groups is 3. The van der Waals surface area contributed by atoms with E-state index in [0.717, 1.165) is 0 Å². The Hall–Kier alpha value is -2.59. The van der Waals surface area contributed by atoms with Gasteiger partial charge in [0.15, 0.2) is 6.04 Å². The molecule has 8 nitrogen and oxygen atoms in total. The number of nitrogens with one attached hydrogen (secondary N) is 2. The molecule has 5 N–H and O–H groups in total. The van der Waals surface area contributed by atoms with Crippen molar-refractivity contribution in [3.8, 4) is 0 Å². The van der Waals surface area contributed by atoms with Gasteiger partial charge >= 0.3 is 11.9 Å². The van der Waals surface area contributed by atoms with Gasteiger partial charge in [0, 0.05) is 6.42 Å². The summed E-state index contributed by atoms with van der Waals surface area (Å²) in [4.78, 5) is 36.6. The van der Waals surface area contributed by atoms with Crippen LogP contribution in [0.5, 0.6) is 0 Å². The van der Waals surface area contributed by atoms with Gasteiger partial charge in [0.2, 0.25) is 11.8 Å². The van der Waals surface area contributed by atoms with Crippen LogP contribution in [0.4, 0.5) is 8.78 Å². The standard InChI is InChI=1S/C24H37F2N3O5/c1-14(2)11-18(29-22(32)16(5)28-19(30)12-15(3)4)21(31)24(25,26)20(27)23(33)34-13-17-9-7-6-8-10-17/h6-10,14-16,18,20-21,31H,11-13,27H2,1-5H3,(H,28,30)(H,29,32). The van der Waals surface area contributed by atoms with Crippen LogP contribution in [0.15, 0.2) is 30.3 Å². The third kappa shape index (κ3) is 9.34. The summed E-state index contributed by atoms with van der Waals surface area (Å²) in [5, 5.41) is 15.4. The fourth-order valence-corrected chi connectivity index (χ4v) is 3.25. The first kappa shape index (κ1) is 29.4. The van der Waals surface area contributed by atoms with E-state index in [-0.39, 0.29) is 37.2 Å². The van der Waals surface area contributed by atoms with Gasteiger partial charge < -0.3 is 26.2 Å². The SMILES string of the molecule is CC(C)CC(=O)NC(C)C(=O)NC(CC(C)C)C(O)C(F)(F)C(N)C(=O)OCc1ccccc1. The molecular weight excluding hydrogens is 448 g/mol. The molecule has 4 unspecified atom stereocenters. The number of alkyl halides is 2. The molecule has 0 fully saturated rings. The molecule has 0 aliphatic heterocycles. The lowest BCUT2D eigenvalue weighted by atomic mass is 9.92. The van der Waals surface area contributed by atoms with Gasteiger partial charge in [-0.1, -0.05) is 58.0 Å². The number of carbonyl (C=O) groups excluding carboxylic acids is 3. The summed E-state index contributed by atoms with van der Waals surface area (Å²) in [7, 11) is 0. The van der Waals surface area contributed by atoms with Crippen LogP contribution in [-0.4, -0.2) is 53.0 Å². The molecule has 0 saturated carbocycles. The molecular formula is C24H37F2N3O5. The fraction of sp³-hybridized carbons (Fsp3) is 0.625. The molecule has 2 amide bonds. The van der Waals surface area contributed by atoms with Gasteiger partial charge in [-0.3, -0.25) is 14.4 Å². The van der Waals surface area contributed by atoms with Gasteiger partial charge in [0.1, 0.15) is 18.8 Å². The first-order chi connectivity index (χ1) is 15.7. The van der Waals surface area contributed by atoms with E-state index >= 15 is 0 Å². The van der Waals surface area contributed by atoms with Gasteiger partial charge in [0.05, 0.1) is 6.04 Å². The normalized spacial score (nSPS) is 15.4. The number of aliphatic hydroxyl groups excluding tert-OH is 1. The Morgan fingerprint density at radius 1 is 1.03 bits per heavy atom. The molecule has 1 aromatic carbocycles. The first-order valence-electron chi connectivity index (χ1n) is 11.4. The van der Waals surface area contributed by atoms with E-state index < -0.39 is 42.0 Å². The summed E-state index contributed by atoms with van der Waals surface area (Å²) >= 11 is 0. The van der Waals surface area contributed by atoms with Crippen LogP contribution in [0.25, 0.3) is 0 Å². The highest BCUT2D eigenvalue weighted by Gasteiger charge is 2.52. The van der Waals surface area contributed by atoms with Crippen molar-refractivity contribution < 1.29 is 33.0 Å². The Bertz CT molecular complexity index is 805. The molecule has 1 rings (SSSR count). The maximum Gasteiger partial charge on any atom is 0.329 e. The van der Waals surface area contributed by atoms with Gasteiger partial charge in [-0.25, -0.2) is 8.78 Å². The predicted octanol–water partition coefficient (Wildman–Crippen LogP) is 2.13. The molecule has 0 aromatic heterocycles.